The minimum atomic E-state index is 0. The molecule has 1 aromatic heterocycles. The van der Waals surface area contributed by atoms with Gasteiger partial charge >= 0.3 is 0 Å². The molecule has 2 nitrogen and oxygen atoms in total. The van der Waals surface area contributed by atoms with Gasteiger partial charge in [-0.3, -0.25) is 0 Å². The van der Waals surface area contributed by atoms with E-state index in [2.05, 4.69) is 54.1 Å². The third kappa shape index (κ3) is 3.51. The van der Waals surface area contributed by atoms with Gasteiger partial charge in [-0.2, -0.15) is 4.57 Å². The molecule has 1 unspecified atom stereocenters. The van der Waals surface area contributed by atoms with Gasteiger partial charge in [-0.1, -0.05) is 19.1 Å². The van der Waals surface area contributed by atoms with Gasteiger partial charge in [0.15, 0.2) is 12.7 Å². The number of nitrogens with two attached hydrogens (primary N) is 1. The molecule has 1 heterocycles. The molecule has 0 aliphatic heterocycles. The number of rotatable bonds is 4. The number of nitrogens with zero attached hydrogens (tertiary/aromatic N) is 1. The van der Waals surface area contributed by atoms with Crippen LogP contribution in [-0.4, -0.2) is 6.54 Å². The summed E-state index contributed by atoms with van der Waals surface area (Å²) in [5, 5.41) is 1.30. The van der Waals surface area contributed by atoms with E-state index in [4.69, 9.17) is 5.73 Å². The highest BCUT2D eigenvalue weighted by molar-refractivity contribution is 5.74. The van der Waals surface area contributed by atoms with Gasteiger partial charge in [0.25, 0.3) is 0 Å². The Morgan fingerprint density at radius 1 is 1.18 bits per heavy atom. The summed E-state index contributed by atoms with van der Waals surface area (Å²) in [6.07, 6.45) is 3.23. The Hall–Kier alpha value is -0.930. The third-order valence-corrected chi connectivity index (χ3v) is 2.96. The molecule has 0 saturated carbocycles. The summed E-state index contributed by atoms with van der Waals surface area (Å²) in [5.41, 5.74) is 6.89. The number of halogens is 1. The van der Waals surface area contributed by atoms with Gasteiger partial charge in [-0.15, -0.1) is 0 Å². The molecule has 0 spiro atoms. The van der Waals surface area contributed by atoms with Crippen molar-refractivity contribution in [2.24, 2.45) is 11.7 Å². The van der Waals surface area contributed by atoms with Crippen LogP contribution in [0, 0.1) is 5.92 Å². The first-order chi connectivity index (χ1) is 7.81. The van der Waals surface area contributed by atoms with Crippen LogP contribution in [0.3, 0.4) is 0 Å². The Morgan fingerprint density at radius 2 is 1.88 bits per heavy atom. The Balaban J connectivity index is 0.00000144. The van der Waals surface area contributed by atoms with E-state index in [9.17, 15) is 0 Å². The van der Waals surface area contributed by atoms with Crippen molar-refractivity contribution >= 4 is 10.9 Å². The van der Waals surface area contributed by atoms with E-state index in [1.807, 2.05) is 0 Å². The molecule has 1 aromatic carbocycles. The molecule has 0 aliphatic rings. The molecule has 0 aliphatic carbocycles. The number of benzene rings is 1. The first-order valence-electron chi connectivity index (χ1n) is 5.88. The van der Waals surface area contributed by atoms with Crippen LogP contribution < -0.4 is 27.3 Å². The lowest BCUT2D eigenvalue weighted by Crippen LogP contribution is -3.00. The Kier molecular flexibility index (Phi) is 5.59. The van der Waals surface area contributed by atoms with Gasteiger partial charge in [0, 0.05) is 23.4 Å². The van der Waals surface area contributed by atoms with Crippen molar-refractivity contribution in [2.75, 3.05) is 6.54 Å². The lowest BCUT2D eigenvalue weighted by Gasteiger charge is -2.07. The average Bonchev–Trinajstić information content (AvgIpc) is 2.30. The predicted molar refractivity (Wildman–Crippen MR) is 67.0 cm³/mol. The Bertz CT molecular complexity index is 465. The summed E-state index contributed by atoms with van der Waals surface area (Å²) in [4.78, 5) is 0. The molecule has 0 radical (unpaired) electrons. The van der Waals surface area contributed by atoms with Crippen LogP contribution in [0.4, 0.5) is 0 Å². The molecule has 0 fully saturated rings. The molecule has 0 saturated heterocycles. The molecular formula is C14H19BrN2. The number of hydrogen-bond acceptors (Lipinski definition) is 1. The van der Waals surface area contributed by atoms with E-state index in [0.29, 0.717) is 5.92 Å². The van der Waals surface area contributed by atoms with Crippen molar-refractivity contribution in [1.82, 2.24) is 0 Å². The monoisotopic (exact) mass is 294 g/mol. The highest BCUT2D eigenvalue weighted by atomic mass is 79.9. The second kappa shape index (κ2) is 6.72. The predicted octanol–water partition coefficient (Wildman–Crippen LogP) is -0.884. The highest BCUT2D eigenvalue weighted by Gasteiger charge is 2.11. The minimum Gasteiger partial charge on any atom is -1.00 e. The molecular weight excluding hydrogens is 276 g/mol. The quantitative estimate of drug-likeness (QED) is 0.729. The van der Waals surface area contributed by atoms with Gasteiger partial charge in [0.2, 0.25) is 5.52 Å². The number of para-hydroxylation sites is 1. The topological polar surface area (TPSA) is 29.9 Å². The smallest absolute Gasteiger partial charge is 0.212 e. The summed E-state index contributed by atoms with van der Waals surface area (Å²) in [6, 6.07) is 12.8. The highest BCUT2D eigenvalue weighted by Crippen LogP contribution is 2.09. The molecule has 2 aromatic rings. The maximum absolute atomic E-state index is 5.59. The molecule has 2 N–H and O–H groups in total. The van der Waals surface area contributed by atoms with E-state index in [1.165, 1.54) is 10.9 Å². The normalized spacial score (nSPS) is 12.1. The lowest BCUT2D eigenvalue weighted by molar-refractivity contribution is -0.677. The molecule has 3 heteroatoms. The third-order valence-electron chi connectivity index (χ3n) is 2.96. The van der Waals surface area contributed by atoms with E-state index in [0.717, 1.165) is 19.5 Å². The summed E-state index contributed by atoms with van der Waals surface area (Å²) in [7, 11) is 0. The van der Waals surface area contributed by atoms with Gasteiger partial charge < -0.3 is 22.7 Å². The number of aromatic nitrogens is 1. The Morgan fingerprint density at radius 3 is 2.65 bits per heavy atom. The fraction of sp³-hybridized carbons (Fsp3) is 0.357. The first kappa shape index (κ1) is 14.1. The number of pyridine rings is 1. The summed E-state index contributed by atoms with van der Waals surface area (Å²) in [5.74, 6) is 0.626. The van der Waals surface area contributed by atoms with Crippen molar-refractivity contribution in [3.63, 3.8) is 0 Å². The van der Waals surface area contributed by atoms with Crippen LogP contribution in [0.1, 0.15) is 13.3 Å². The molecule has 2 rings (SSSR count). The van der Waals surface area contributed by atoms with Crippen molar-refractivity contribution in [2.45, 2.75) is 19.9 Å². The SMILES string of the molecule is CC(CCN)C[n+]1cccc2ccccc21.[Br-]. The van der Waals surface area contributed by atoms with Gasteiger partial charge in [-0.25, -0.2) is 0 Å². The van der Waals surface area contributed by atoms with Crippen molar-refractivity contribution < 1.29 is 21.5 Å². The zero-order valence-corrected chi connectivity index (χ0v) is 11.7. The van der Waals surface area contributed by atoms with Gasteiger partial charge in [0.1, 0.15) is 0 Å². The summed E-state index contributed by atoms with van der Waals surface area (Å²) >= 11 is 0. The maximum atomic E-state index is 5.59. The summed E-state index contributed by atoms with van der Waals surface area (Å²) in [6.45, 7) is 4.06. The number of fused-ring (bicyclic) bond motifs is 1. The fourth-order valence-electron chi connectivity index (χ4n) is 2.09. The van der Waals surface area contributed by atoms with E-state index in [-0.39, 0.29) is 17.0 Å². The lowest BCUT2D eigenvalue weighted by atomic mass is 10.1. The van der Waals surface area contributed by atoms with Crippen LogP contribution in [0.15, 0.2) is 42.6 Å². The molecule has 0 bridgehead atoms. The second-order valence-electron chi connectivity index (χ2n) is 4.40. The van der Waals surface area contributed by atoms with Gasteiger partial charge in [-0.05, 0) is 25.1 Å². The van der Waals surface area contributed by atoms with Crippen LogP contribution in [0.5, 0.6) is 0 Å². The minimum absolute atomic E-state index is 0. The summed E-state index contributed by atoms with van der Waals surface area (Å²) < 4.78 is 2.32. The molecule has 17 heavy (non-hydrogen) atoms. The van der Waals surface area contributed by atoms with Crippen molar-refractivity contribution in [1.29, 1.82) is 0 Å². The first-order valence-corrected chi connectivity index (χ1v) is 5.88. The van der Waals surface area contributed by atoms with E-state index >= 15 is 0 Å². The van der Waals surface area contributed by atoms with E-state index in [1.54, 1.807) is 0 Å². The van der Waals surface area contributed by atoms with E-state index < -0.39 is 0 Å². The van der Waals surface area contributed by atoms with Crippen molar-refractivity contribution in [3.05, 3.63) is 42.6 Å². The maximum Gasteiger partial charge on any atom is 0.212 e. The molecule has 92 valence electrons. The zero-order chi connectivity index (χ0) is 11.4. The van der Waals surface area contributed by atoms with Crippen LogP contribution >= 0.6 is 0 Å². The Labute approximate surface area is 113 Å². The standard InChI is InChI=1S/C14H19N2.BrH/c1-12(8-9-15)11-16-10-4-6-13-5-2-3-7-14(13)16;/h2-7,10,12H,8-9,11,15H2,1H3;1H/q+1;/p-1. The zero-order valence-electron chi connectivity index (χ0n) is 10.1. The van der Waals surface area contributed by atoms with Crippen molar-refractivity contribution in [3.8, 4) is 0 Å². The molecule has 1 atom stereocenters. The van der Waals surface area contributed by atoms with Crippen LogP contribution in [0.25, 0.3) is 10.9 Å². The largest absolute Gasteiger partial charge is 1.00 e. The van der Waals surface area contributed by atoms with Gasteiger partial charge in [0.05, 0.1) is 0 Å². The fourth-order valence-corrected chi connectivity index (χ4v) is 2.09. The molecule has 0 amide bonds. The second-order valence-corrected chi connectivity index (χ2v) is 4.40. The average molecular weight is 295 g/mol. The van der Waals surface area contributed by atoms with Crippen LogP contribution in [-0.2, 0) is 6.54 Å². The van der Waals surface area contributed by atoms with Crippen LogP contribution in [0.2, 0.25) is 0 Å². The number of hydrogen-bond donors (Lipinski definition) is 1.